The summed E-state index contributed by atoms with van der Waals surface area (Å²) in [5.41, 5.74) is 2.93. The van der Waals surface area contributed by atoms with Crippen LogP contribution in [0.3, 0.4) is 0 Å². The van der Waals surface area contributed by atoms with E-state index in [-0.39, 0.29) is 17.0 Å². The molecule has 0 amide bonds. The van der Waals surface area contributed by atoms with Crippen LogP contribution in [0.5, 0.6) is 0 Å². The van der Waals surface area contributed by atoms with Crippen LogP contribution in [-0.4, -0.2) is 5.92 Å². The molecule has 1 fully saturated rings. The van der Waals surface area contributed by atoms with Gasteiger partial charge in [0.15, 0.2) is 0 Å². The second-order valence-electron chi connectivity index (χ2n) is 8.56. The van der Waals surface area contributed by atoms with Crippen molar-refractivity contribution in [1.82, 2.24) is 5.32 Å². The average molecular weight is 411 g/mol. The number of halogens is 2. The summed E-state index contributed by atoms with van der Waals surface area (Å²) in [6, 6.07) is 9.68. The maximum absolute atomic E-state index is 14.1. The molecule has 30 heavy (non-hydrogen) atoms. The SMILES string of the molecule is C=C(NC(c1cccc(C#N)c1)C1(C)CCCC1)C(=C)/C(C)=C(\C=C/C)C(C)(F)F. The molecule has 160 valence electrons. The zero-order valence-electron chi connectivity index (χ0n) is 18.5. The highest BCUT2D eigenvalue weighted by molar-refractivity contribution is 5.49. The van der Waals surface area contributed by atoms with E-state index < -0.39 is 5.92 Å². The van der Waals surface area contributed by atoms with Crippen molar-refractivity contribution in [3.05, 3.63) is 83.1 Å². The standard InChI is InChI=1S/C26H32F2N2/c1-7-11-23(26(6,27)28)19(3)18(2)20(4)30-24(25(5)14-8-9-15-25)22-13-10-12-21(16-22)17-29/h7,10-13,16,24,30H,2,4,8-9,14-15H2,1,3,5-6H3/b11-7-,23-19+. The van der Waals surface area contributed by atoms with Gasteiger partial charge in [0.05, 0.1) is 17.7 Å². The van der Waals surface area contributed by atoms with Gasteiger partial charge in [-0.05, 0) is 60.9 Å². The smallest absolute Gasteiger partial charge is 0.270 e. The van der Waals surface area contributed by atoms with Crippen molar-refractivity contribution in [2.75, 3.05) is 0 Å². The van der Waals surface area contributed by atoms with Gasteiger partial charge in [0.1, 0.15) is 0 Å². The Bertz CT molecular complexity index is 904. The summed E-state index contributed by atoms with van der Waals surface area (Å²) in [7, 11) is 0. The van der Waals surface area contributed by atoms with Crippen molar-refractivity contribution in [2.24, 2.45) is 5.41 Å². The monoisotopic (exact) mass is 410 g/mol. The van der Waals surface area contributed by atoms with Crippen LogP contribution in [0.4, 0.5) is 8.78 Å². The van der Waals surface area contributed by atoms with E-state index in [1.165, 1.54) is 6.08 Å². The third-order valence-corrected chi connectivity index (χ3v) is 6.14. The van der Waals surface area contributed by atoms with Crippen molar-refractivity contribution in [3.8, 4) is 6.07 Å². The number of nitriles is 1. The van der Waals surface area contributed by atoms with Gasteiger partial charge in [0.2, 0.25) is 0 Å². The molecule has 0 spiro atoms. The Morgan fingerprint density at radius 3 is 2.47 bits per heavy atom. The van der Waals surface area contributed by atoms with Gasteiger partial charge in [-0.15, -0.1) is 0 Å². The first-order valence-electron chi connectivity index (χ1n) is 10.4. The summed E-state index contributed by atoms with van der Waals surface area (Å²) in [5.74, 6) is -2.97. The minimum Gasteiger partial charge on any atom is -0.378 e. The van der Waals surface area contributed by atoms with E-state index in [0.717, 1.165) is 38.2 Å². The molecule has 0 saturated heterocycles. The lowest BCUT2D eigenvalue weighted by atomic mass is 9.76. The molecule has 1 aromatic carbocycles. The van der Waals surface area contributed by atoms with Gasteiger partial charge < -0.3 is 5.32 Å². The Kier molecular flexibility index (Phi) is 7.42. The molecule has 1 atom stereocenters. The van der Waals surface area contributed by atoms with Gasteiger partial charge in [-0.25, -0.2) is 8.78 Å². The molecule has 4 heteroatoms. The summed E-state index contributed by atoms with van der Waals surface area (Å²) >= 11 is 0. The highest BCUT2D eigenvalue weighted by atomic mass is 19.3. The second-order valence-corrected chi connectivity index (χ2v) is 8.56. The minimum atomic E-state index is -2.97. The summed E-state index contributed by atoms with van der Waals surface area (Å²) < 4.78 is 28.3. The van der Waals surface area contributed by atoms with Crippen LogP contribution in [0, 0.1) is 16.7 Å². The molecule has 0 heterocycles. The fourth-order valence-electron chi connectivity index (χ4n) is 4.34. The van der Waals surface area contributed by atoms with E-state index in [9.17, 15) is 14.0 Å². The number of hydrogen-bond donors (Lipinski definition) is 1. The van der Waals surface area contributed by atoms with Crippen LogP contribution in [0.15, 0.2) is 72.0 Å². The molecule has 0 bridgehead atoms. The second kappa shape index (κ2) is 9.43. The Morgan fingerprint density at radius 1 is 1.30 bits per heavy atom. The number of hydrogen-bond acceptors (Lipinski definition) is 2. The summed E-state index contributed by atoms with van der Waals surface area (Å²) in [6.07, 6.45) is 7.42. The van der Waals surface area contributed by atoms with E-state index in [0.29, 0.717) is 22.4 Å². The number of alkyl halides is 2. The van der Waals surface area contributed by atoms with Crippen LogP contribution >= 0.6 is 0 Å². The van der Waals surface area contributed by atoms with Gasteiger partial charge in [0, 0.05) is 18.2 Å². The molecule has 1 saturated carbocycles. The van der Waals surface area contributed by atoms with Crippen LogP contribution in [-0.2, 0) is 0 Å². The largest absolute Gasteiger partial charge is 0.378 e. The Morgan fingerprint density at radius 2 is 1.93 bits per heavy atom. The maximum atomic E-state index is 14.1. The van der Waals surface area contributed by atoms with E-state index in [1.807, 2.05) is 18.2 Å². The van der Waals surface area contributed by atoms with E-state index >= 15 is 0 Å². The zero-order valence-corrected chi connectivity index (χ0v) is 18.5. The third kappa shape index (κ3) is 5.27. The average Bonchev–Trinajstić information content (AvgIpc) is 3.15. The molecule has 1 aromatic rings. The van der Waals surface area contributed by atoms with Crippen LogP contribution in [0.1, 0.15) is 70.5 Å². The molecule has 0 aromatic heterocycles. The lowest BCUT2D eigenvalue weighted by molar-refractivity contribution is 0.0666. The van der Waals surface area contributed by atoms with E-state index in [2.05, 4.69) is 31.5 Å². The maximum Gasteiger partial charge on any atom is 0.270 e. The molecular weight excluding hydrogens is 378 g/mol. The molecule has 0 radical (unpaired) electrons. The van der Waals surface area contributed by atoms with Gasteiger partial charge in [-0.3, -0.25) is 0 Å². The van der Waals surface area contributed by atoms with Crippen LogP contribution in [0.25, 0.3) is 0 Å². The molecule has 2 nitrogen and oxygen atoms in total. The first-order chi connectivity index (χ1) is 14.0. The van der Waals surface area contributed by atoms with Gasteiger partial charge >= 0.3 is 0 Å². The van der Waals surface area contributed by atoms with Crippen molar-refractivity contribution in [3.63, 3.8) is 0 Å². The molecule has 2 rings (SSSR count). The third-order valence-electron chi connectivity index (χ3n) is 6.14. The summed E-state index contributed by atoms with van der Waals surface area (Å²) in [4.78, 5) is 0. The number of nitrogens with one attached hydrogen (secondary N) is 1. The summed E-state index contributed by atoms with van der Waals surface area (Å²) in [5, 5.41) is 12.8. The Balaban J connectivity index is 2.41. The molecular formula is C26H32F2N2. The van der Waals surface area contributed by atoms with Gasteiger partial charge in [0.25, 0.3) is 5.92 Å². The summed E-state index contributed by atoms with van der Waals surface area (Å²) in [6.45, 7) is 14.7. The predicted molar refractivity (Wildman–Crippen MR) is 120 cm³/mol. The van der Waals surface area contributed by atoms with E-state index in [1.54, 1.807) is 26.0 Å². The van der Waals surface area contributed by atoms with Crippen molar-refractivity contribution >= 4 is 0 Å². The van der Waals surface area contributed by atoms with Crippen LogP contribution in [0.2, 0.25) is 0 Å². The van der Waals surface area contributed by atoms with Crippen LogP contribution < -0.4 is 5.32 Å². The number of benzene rings is 1. The lowest BCUT2D eigenvalue weighted by Gasteiger charge is -2.37. The normalized spacial score (nSPS) is 17.9. The Hall–Kier alpha value is -2.67. The minimum absolute atomic E-state index is 0.0181. The molecule has 1 N–H and O–H groups in total. The Labute approximate surface area is 179 Å². The number of allylic oxidation sites excluding steroid dienone is 4. The van der Waals surface area contributed by atoms with E-state index in [4.69, 9.17) is 0 Å². The fourth-order valence-corrected chi connectivity index (χ4v) is 4.34. The van der Waals surface area contributed by atoms with Crippen molar-refractivity contribution in [1.29, 1.82) is 5.26 Å². The molecule has 1 unspecified atom stereocenters. The molecule has 1 aliphatic rings. The first kappa shape index (κ1) is 23.6. The number of rotatable bonds is 8. The molecule has 0 aliphatic heterocycles. The number of nitrogens with zero attached hydrogens (tertiary/aromatic N) is 1. The fraction of sp³-hybridized carbons (Fsp3) is 0.423. The van der Waals surface area contributed by atoms with Gasteiger partial charge in [-0.1, -0.05) is 57.2 Å². The predicted octanol–water partition coefficient (Wildman–Crippen LogP) is 7.39. The first-order valence-corrected chi connectivity index (χ1v) is 10.4. The highest BCUT2D eigenvalue weighted by Gasteiger charge is 2.38. The quantitative estimate of drug-likeness (QED) is 0.454. The zero-order chi connectivity index (χ0) is 22.5. The highest BCUT2D eigenvalue weighted by Crippen LogP contribution is 2.48. The van der Waals surface area contributed by atoms with Crippen molar-refractivity contribution in [2.45, 2.75) is 65.3 Å². The lowest BCUT2D eigenvalue weighted by Crippen LogP contribution is -2.34. The topological polar surface area (TPSA) is 35.8 Å². The van der Waals surface area contributed by atoms with Gasteiger partial charge in [-0.2, -0.15) is 5.26 Å². The van der Waals surface area contributed by atoms with Crippen molar-refractivity contribution < 1.29 is 8.78 Å². The molecule has 1 aliphatic carbocycles.